The van der Waals surface area contributed by atoms with Gasteiger partial charge in [0.25, 0.3) is 0 Å². The van der Waals surface area contributed by atoms with Gasteiger partial charge in [-0.05, 0) is 44.7 Å². The highest BCUT2D eigenvalue weighted by Gasteiger charge is 2.20. The van der Waals surface area contributed by atoms with Crippen LogP contribution in [-0.4, -0.2) is 37.1 Å². The zero-order chi connectivity index (χ0) is 18.1. The summed E-state index contributed by atoms with van der Waals surface area (Å²) in [5.41, 5.74) is 4.92. The lowest BCUT2D eigenvalue weighted by molar-refractivity contribution is 0.0696. The smallest absolute Gasteiger partial charge is 0.339 e. The molecule has 0 fully saturated rings. The Balaban J connectivity index is 2.32. The first-order chi connectivity index (χ1) is 11.9. The van der Waals surface area contributed by atoms with Gasteiger partial charge in [-0.1, -0.05) is 23.9 Å². The fraction of sp³-hybridized carbons (Fsp3) is 0.222. The van der Waals surface area contributed by atoms with Crippen molar-refractivity contribution in [1.82, 2.24) is 19.7 Å². The Bertz CT molecular complexity index is 966. The maximum absolute atomic E-state index is 11.7. The fourth-order valence-corrected chi connectivity index (χ4v) is 3.06. The van der Waals surface area contributed by atoms with Crippen LogP contribution in [0, 0.1) is 20.8 Å². The minimum Gasteiger partial charge on any atom is -0.478 e. The second-order valence-electron chi connectivity index (χ2n) is 5.78. The van der Waals surface area contributed by atoms with Crippen molar-refractivity contribution in [3.05, 3.63) is 53.0 Å². The number of carbonyl (C=O) groups is 1. The molecular formula is C18H18N4O2S. The van der Waals surface area contributed by atoms with E-state index in [1.165, 1.54) is 18.0 Å². The summed E-state index contributed by atoms with van der Waals surface area (Å²) in [7, 11) is 0. The number of aromatic carboxylic acids is 1. The van der Waals surface area contributed by atoms with Crippen molar-refractivity contribution in [2.45, 2.75) is 25.9 Å². The second-order valence-corrected chi connectivity index (χ2v) is 6.56. The molecule has 0 spiro atoms. The third-order valence-electron chi connectivity index (χ3n) is 3.83. The number of thioether (sulfide) groups is 1. The monoisotopic (exact) mass is 354 g/mol. The molecule has 0 aliphatic rings. The largest absolute Gasteiger partial charge is 0.478 e. The molecule has 1 N–H and O–H groups in total. The molecule has 3 rings (SSSR count). The average molecular weight is 354 g/mol. The van der Waals surface area contributed by atoms with Crippen LogP contribution in [-0.2, 0) is 0 Å². The first kappa shape index (κ1) is 17.2. The molecule has 6 nitrogen and oxygen atoms in total. The fourth-order valence-electron chi connectivity index (χ4n) is 2.72. The predicted molar refractivity (Wildman–Crippen MR) is 97.5 cm³/mol. The molecule has 3 aromatic rings. The lowest BCUT2D eigenvalue weighted by Crippen LogP contribution is -2.08. The molecule has 2 heterocycles. The van der Waals surface area contributed by atoms with Gasteiger partial charge >= 0.3 is 5.97 Å². The van der Waals surface area contributed by atoms with Crippen LogP contribution in [0.25, 0.3) is 16.9 Å². The van der Waals surface area contributed by atoms with E-state index in [2.05, 4.69) is 15.1 Å². The number of carboxylic acid groups (broad SMARTS) is 1. The number of benzene rings is 1. The van der Waals surface area contributed by atoms with Crippen molar-refractivity contribution >= 4 is 17.7 Å². The molecule has 0 saturated heterocycles. The number of aryl methyl sites for hydroxylation is 3. The van der Waals surface area contributed by atoms with Crippen LogP contribution >= 0.6 is 11.8 Å². The Hall–Kier alpha value is -2.67. The normalized spacial score (nSPS) is 10.9. The number of hydrogen-bond donors (Lipinski definition) is 1. The summed E-state index contributed by atoms with van der Waals surface area (Å²) in [6.45, 7) is 5.89. The molecule has 1 aromatic carbocycles. The quantitative estimate of drug-likeness (QED) is 0.569. The average Bonchev–Trinajstić information content (AvgIpc) is 2.92. The molecular weight excluding hydrogens is 336 g/mol. The standard InChI is InChI=1S/C18H18N4O2S/c1-10-5-6-13(15(7-10)22-12(3)8-11(2)21-22)16-14(17(23)24)9-19-18(20-16)25-4/h5-9H,1-4H3,(H,23,24). The molecule has 0 radical (unpaired) electrons. The molecule has 0 aliphatic carbocycles. The van der Waals surface area contributed by atoms with Gasteiger partial charge in [-0.2, -0.15) is 5.10 Å². The minimum atomic E-state index is -1.05. The number of aromatic nitrogens is 4. The summed E-state index contributed by atoms with van der Waals surface area (Å²) in [4.78, 5) is 20.2. The third kappa shape index (κ3) is 3.28. The van der Waals surface area contributed by atoms with Gasteiger partial charge in [0.1, 0.15) is 5.56 Å². The predicted octanol–water partition coefficient (Wildman–Crippen LogP) is 3.67. The van der Waals surface area contributed by atoms with E-state index in [-0.39, 0.29) is 5.56 Å². The van der Waals surface area contributed by atoms with Gasteiger partial charge in [0.15, 0.2) is 5.16 Å². The van der Waals surface area contributed by atoms with Gasteiger partial charge in [0, 0.05) is 17.5 Å². The highest BCUT2D eigenvalue weighted by Crippen LogP contribution is 2.30. The van der Waals surface area contributed by atoms with Crippen molar-refractivity contribution in [2.75, 3.05) is 6.26 Å². The van der Waals surface area contributed by atoms with Crippen molar-refractivity contribution in [3.63, 3.8) is 0 Å². The maximum Gasteiger partial charge on any atom is 0.339 e. The van der Waals surface area contributed by atoms with Crippen LogP contribution in [0.15, 0.2) is 35.6 Å². The van der Waals surface area contributed by atoms with Gasteiger partial charge in [-0.15, -0.1) is 0 Å². The van der Waals surface area contributed by atoms with Gasteiger partial charge in [-0.25, -0.2) is 19.4 Å². The van der Waals surface area contributed by atoms with Crippen LogP contribution in [0.5, 0.6) is 0 Å². The number of carboxylic acids is 1. The number of hydrogen-bond acceptors (Lipinski definition) is 5. The van der Waals surface area contributed by atoms with Gasteiger partial charge < -0.3 is 5.11 Å². The summed E-state index contributed by atoms with van der Waals surface area (Å²) in [5.74, 6) is -1.05. The minimum absolute atomic E-state index is 0.0736. The molecule has 7 heteroatoms. The molecule has 25 heavy (non-hydrogen) atoms. The maximum atomic E-state index is 11.7. The second kappa shape index (κ2) is 6.68. The van der Waals surface area contributed by atoms with E-state index in [1.54, 1.807) is 0 Å². The first-order valence-corrected chi connectivity index (χ1v) is 8.92. The van der Waals surface area contributed by atoms with Gasteiger partial charge in [-0.3, -0.25) is 0 Å². The number of nitrogens with zero attached hydrogens (tertiary/aromatic N) is 4. The van der Waals surface area contributed by atoms with Crippen LogP contribution < -0.4 is 0 Å². The van der Waals surface area contributed by atoms with Crippen LogP contribution in [0.1, 0.15) is 27.3 Å². The molecule has 0 bridgehead atoms. The Morgan fingerprint density at radius 2 is 1.96 bits per heavy atom. The highest BCUT2D eigenvalue weighted by atomic mass is 32.2. The van der Waals surface area contributed by atoms with Gasteiger partial charge in [0.2, 0.25) is 0 Å². The summed E-state index contributed by atoms with van der Waals surface area (Å²) in [6, 6.07) is 7.80. The SMILES string of the molecule is CSc1ncc(C(=O)O)c(-c2ccc(C)cc2-n2nc(C)cc2C)n1. The Morgan fingerprint density at radius 1 is 1.20 bits per heavy atom. The Kier molecular flexibility index (Phi) is 4.59. The first-order valence-electron chi connectivity index (χ1n) is 7.69. The molecule has 2 aromatic heterocycles. The van der Waals surface area contributed by atoms with Gasteiger partial charge in [0.05, 0.1) is 17.1 Å². The van der Waals surface area contributed by atoms with Crippen LogP contribution in [0.2, 0.25) is 0 Å². The Labute approximate surface area is 149 Å². The lowest BCUT2D eigenvalue weighted by atomic mass is 10.0. The summed E-state index contributed by atoms with van der Waals surface area (Å²) in [6.07, 6.45) is 3.22. The van der Waals surface area contributed by atoms with E-state index < -0.39 is 5.97 Å². The lowest BCUT2D eigenvalue weighted by Gasteiger charge is -2.14. The van der Waals surface area contributed by atoms with E-state index >= 15 is 0 Å². The third-order valence-corrected chi connectivity index (χ3v) is 4.39. The van der Waals surface area contributed by atoms with E-state index in [0.29, 0.717) is 16.4 Å². The summed E-state index contributed by atoms with van der Waals surface area (Å²) >= 11 is 1.37. The zero-order valence-corrected chi connectivity index (χ0v) is 15.3. The van der Waals surface area contributed by atoms with Crippen molar-refractivity contribution in [3.8, 4) is 16.9 Å². The van der Waals surface area contributed by atoms with Crippen molar-refractivity contribution < 1.29 is 9.90 Å². The molecule has 0 aliphatic heterocycles. The van der Waals surface area contributed by atoms with Crippen LogP contribution in [0.3, 0.4) is 0 Å². The van der Waals surface area contributed by atoms with Crippen molar-refractivity contribution in [1.29, 1.82) is 0 Å². The van der Waals surface area contributed by atoms with E-state index in [4.69, 9.17) is 0 Å². The topological polar surface area (TPSA) is 80.9 Å². The number of rotatable bonds is 4. The van der Waals surface area contributed by atoms with E-state index in [1.807, 2.05) is 56.0 Å². The molecule has 0 atom stereocenters. The molecule has 0 saturated carbocycles. The summed E-state index contributed by atoms with van der Waals surface area (Å²) in [5, 5.41) is 14.6. The zero-order valence-electron chi connectivity index (χ0n) is 14.4. The van der Waals surface area contributed by atoms with E-state index in [9.17, 15) is 9.90 Å². The Morgan fingerprint density at radius 3 is 2.56 bits per heavy atom. The molecule has 0 unspecified atom stereocenters. The van der Waals surface area contributed by atoms with Crippen LogP contribution in [0.4, 0.5) is 0 Å². The molecule has 128 valence electrons. The highest BCUT2D eigenvalue weighted by molar-refractivity contribution is 7.98. The summed E-state index contributed by atoms with van der Waals surface area (Å²) < 4.78 is 1.82. The van der Waals surface area contributed by atoms with Crippen molar-refractivity contribution in [2.24, 2.45) is 0 Å². The molecule has 0 amide bonds. The van der Waals surface area contributed by atoms with E-state index in [0.717, 1.165) is 22.6 Å².